The number of amides is 1. The first-order valence-electron chi connectivity index (χ1n) is 10.4. The summed E-state index contributed by atoms with van der Waals surface area (Å²) in [6.45, 7) is 3.71. The molecule has 1 aliphatic heterocycles. The fourth-order valence-corrected chi connectivity index (χ4v) is 4.22. The highest BCUT2D eigenvalue weighted by Crippen LogP contribution is 2.40. The summed E-state index contributed by atoms with van der Waals surface area (Å²) in [5.41, 5.74) is 1.81. The quantitative estimate of drug-likeness (QED) is 0.607. The molecule has 1 aliphatic rings. The summed E-state index contributed by atoms with van der Waals surface area (Å²) in [5, 5.41) is 2.10. The van der Waals surface area contributed by atoms with E-state index >= 15 is 0 Å². The zero-order valence-electron chi connectivity index (χ0n) is 18.3. The number of ether oxygens (including phenoxy) is 3. The van der Waals surface area contributed by atoms with Crippen molar-refractivity contribution in [1.82, 2.24) is 9.80 Å². The van der Waals surface area contributed by atoms with E-state index < -0.39 is 0 Å². The maximum absolute atomic E-state index is 13.2. The maximum Gasteiger partial charge on any atom is 0.254 e. The summed E-state index contributed by atoms with van der Waals surface area (Å²) in [6, 6.07) is 17.9. The van der Waals surface area contributed by atoms with Crippen LogP contribution >= 0.6 is 0 Å². The van der Waals surface area contributed by atoms with Crippen molar-refractivity contribution in [3.05, 3.63) is 65.7 Å². The highest BCUT2D eigenvalue weighted by Gasteiger charge is 2.25. The number of carbonyl (C=O) groups excluding carboxylic acids is 1. The molecule has 0 aliphatic carbocycles. The van der Waals surface area contributed by atoms with E-state index in [4.69, 9.17) is 14.2 Å². The lowest BCUT2D eigenvalue weighted by Crippen LogP contribution is -2.48. The van der Waals surface area contributed by atoms with Crippen molar-refractivity contribution >= 4 is 16.7 Å². The first kappa shape index (κ1) is 21.0. The fraction of sp³-hybridized carbons (Fsp3) is 0.320. The summed E-state index contributed by atoms with van der Waals surface area (Å²) in [5.74, 6) is 2.04. The predicted molar refractivity (Wildman–Crippen MR) is 121 cm³/mol. The first-order valence-corrected chi connectivity index (χ1v) is 10.4. The molecule has 0 saturated carbocycles. The Kier molecular flexibility index (Phi) is 6.28. The molecule has 0 radical (unpaired) electrons. The smallest absolute Gasteiger partial charge is 0.254 e. The summed E-state index contributed by atoms with van der Waals surface area (Å²) in [4.78, 5) is 17.5. The van der Waals surface area contributed by atoms with Gasteiger partial charge in [-0.25, -0.2) is 0 Å². The minimum atomic E-state index is 0.0974. The minimum absolute atomic E-state index is 0.0974. The predicted octanol–water partition coefficient (Wildman–Crippen LogP) is 3.82. The van der Waals surface area contributed by atoms with Crippen LogP contribution in [0.25, 0.3) is 10.8 Å². The molecule has 0 atom stereocenters. The highest BCUT2D eigenvalue weighted by atomic mass is 16.5. The Balaban J connectivity index is 1.45. The minimum Gasteiger partial charge on any atom is -0.493 e. The van der Waals surface area contributed by atoms with Crippen molar-refractivity contribution in [1.29, 1.82) is 0 Å². The van der Waals surface area contributed by atoms with Gasteiger partial charge in [-0.1, -0.05) is 42.5 Å². The van der Waals surface area contributed by atoms with Gasteiger partial charge in [-0.05, 0) is 22.9 Å². The third kappa shape index (κ3) is 4.16. The topological polar surface area (TPSA) is 51.2 Å². The average Bonchev–Trinajstić information content (AvgIpc) is 2.83. The van der Waals surface area contributed by atoms with E-state index in [0.717, 1.165) is 41.5 Å². The van der Waals surface area contributed by atoms with Crippen LogP contribution in [0, 0.1) is 0 Å². The first-order chi connectivity index (χ1) is 15.2. The van der Waals surface area contributed by atoms with E-state index in [1.54, 1.807) is 21.3 Å². The molecule has 162 valence electrons. The summed E-state index contributed by atoms with van der Waals surface area (Å²) >= 11 is 0. The lowest BCUT2D eigenvalue weighted by molar-refractivity contribution is 0.0629. The zero-order valence-corrected chi connectivity index (χ0v) is 18.3. The molecule has 6 heteroatoms. The van der Waals surface area contributed by atoms with Crippen molar-refractivity contribution < 1.29 is 19.0 Å². The summed E-state index contributed by atoms with van der Waals surface area (Å²) in [6.07, 6.45) is 0. The maximum atomic E-state index is 13.2. The van der Waals surface area contributed by atoms with Gasteiger partial charge in [0.15, 0.2) is 11.5 Å². The second-order valence-corrected chi connectivity index (χ2v) is 7.59. The monoisotopic (exact) mass is 420 g/mol. The van der Waals surface area contributed by atoms with Gasteiger partial charge in [0.1, 0.15) is 0 Å². The third-order valence-electron chi connectivity index (χ3n) is 5.86. The van der Waals surface area contributed by atoms with Crippen LogP contribution in [0.3, 0.4) is 0 Å². The van der Waals surface area contributed by atoms with Gasteiger partial charge < -0.3 is 19.1 Å². The molecule has 1 heterocycles. The zero-order chi connectivity index (χ0) is 21.8. The number of fused-ring (bicyclic) bond motifs is 1. The number of hydrogen-bond acceptors (Lipinski definition) is 5. The van der Waals surface area contributed by atoms with Gasteiger partial charge >= 0.3 is 0 Å². The van der Waals surface area contributed by atoms with Crippen LogP contribution < -0.4 is 14.2 Å². The second kappa shape index (κ2) is 9.27. The number of benzene rings is 3. The van der Waals surface area contributed by atoms with Crippen LogP contribution in [0.5, 0.6) is 17.2 Å². The molecule has 0 spiro atoms. The second-order valence-electron chi connectivity index (χ2n) is 7.59. The van der Waals surface area contributed by atoms with E-state index in [0.29, 0.717) is 30.3 Å². The van der Waals surface area contributed by atoms with Gasteiger partial charge in [-0.2, -0.15) is 0 Å². The van der Waals surface area contributed by atoms with Crippen LogP contribution in [0.4, 0.5) is 0 Å². The molecule has 4 rings (SSSR count). The standard InChI is InChI=1S/C25H28N2O4/c1-29-22-12-11-19(23(30-2)24(22)31-3)17-26-13-15-27(16-14-26)25(28)21-10-6-8-18-7-4-5-9-20(18)21/h4-12H,13-17H2,1-3H3. The van der Waals surface area contributed by atoms with Gasteiger partial charge in [0.2, 0.25) is 5.75 Å². The molecule has 0 bridgehead atoms. The molecule has 1 fully saturated rings. The van der Waals surface area contributed by atoms with E-state index in [2.05, 4.69) is 4.90 Å². The Labute approximate surface area is 182 Å². The number of hydrogen-bond donors (Lipinski definition) is 0. The molecule has 6 nitrogen and oxygen atoms in total. The molecule has 0 N–H and O–H groups in total. The van der Waals surface area contributed by atoms with Gasteiger partial charge in [0.05, 0.1) is 21.3 Å². The number of piperazine rings is 1. The van der Waals surface area contributed by atoms with E-state index in [-0.39, 0.29) is 5.91 Å². The van der Waals surface area contributed by atoms with E-state index in [1.165, 1.54) is 0 Å². The Bertz CT molecular complexity index is 1070. The Hall–Kier alpha value is -3.25. The van der Waals surface area contributed by atoms with Crippen molar-refractivity contribution in [2.24, 2.45) is 0 Å². The molecule has 1 saturated heterocycles. The number of nitrogens with zero attached hydrogens (tertiary/aromatic N) is 2. The molecule has 3 aromatic carbocycles. The highest BCUT2D eigenvalue weighted by molar-refractivity contribution is 6.07. The molecule has 3 aromatic rings. The normalized spacial score (nSPS) is 14.5. The lowest BCUT2D eigenvalue weighted by atomic mass is 10.0. The average molecular weight is 421 g/mol. The van der Waals surface area contributed by atoms with Crippen LogP contribution in [0.2, 0.25) is 0 Å². The number of rotatable bonds is 6. The van der Waals surface area contributed by atoms with Crippen molar-refractivity contribution in [3.8, 4) is 17.2 Å². The van der Waals surface area contributed by atoms with E-state index in [9.17, 15) is 4.79 Å². The van der Waals surface area contributed by atoms with E-state index in [1.807, 2.05) is 59.5 Å². The lowest BCUT2D eigenvalue weighted by Gasteiger charge is -2.35. The summed E-state index contributed by atoms with van der Waals surface area (Å²) in [7, 11) is 4.87. The third-order valence-corrected chi connectivity index (χ3v) is 5.86. The fourth-order valence-electron chi connectivity index (χ4n) is 4.22. The summed E-state index contributed by atoms with van der Waals surface area (Å²) < 4.78 is 16.5. The molecule has 0 aromatic heterocycles. The van der Waals surface area contributed by atoms with Crippen molar-refractivity contribution in [2.45, 2.75) is 6.54 Å². The number of carbonyl (C=O) groups is 1. The molecule has 31 heavy (non-hydrogen) atoms. The van der Waals surface area contributed by atoms with Crippen molar-refractivity contribution in [3.63, 3.8) is 0 Å². The largest absolute Gasteiger partial charge is 0.493 e. The molecular formula is C25H28N2O4. The number of methoxy groups -OCH3 is 3. The van der Waals surface area contributed by atoms with Crippen LogP contribution in [-0.4, -0.2) is 63.2 Å². The van der Waals surface area contributed by atoms with Gasteiger partial charge in [-0.3, -0.25) is 9.69 Å². The molecule has 1 amide bonds. The Morgan fingerprint density at radius 2 is 1.52 bits per heavy atom. The molecular weight excluding hydrogens is 392 g/mol. The Morgan fingerprint density at radius 1 is 0.806 bits per heavy atom. The van der Waals surface area contributed by atoms with Gasteiger partial charge in [-0.15, -0.1) is 0 Å². The van der Waals surface area contributed by atoms with Crippen LogP contribution in [0.15, 0.2) is 54.6 Å². The van der Waals surface area contributed by atoms with Crippen molar-refractivity contribution in [2.75, 3.05) is 47.5 Å². The van der Waals surface area contributed by atoms with Gasteiger partial charge in [0, 0.05) is 43.9 Å². The van der Waals surface area contributed by atoms with Crippen LogP contribution in [0.1, 0.15) is 15.9 Å². The van der Waals surface area contributed by atoms with Crippen LogP contribution in [-0.2, 0) is 6.54 Å². The van der Waals surface area contributed by atoms with Gasteiger partial charge in [0.25, 0.3) is 5.91 Å². The molecule has 0 unspecified atom stereocenters. The Morgan fingerprint density at radius 3 is 2.23 bits per heavy atom. The SMILES string of the molecule is COc1ccc(CN2CCN(C(=O)c3cccc4ccccc34)CC2)c(OC)c1OC.